The van der Waals surface area contributed by atoms with Crippen LogP contribution in [0.5, 0.6) is 0 Å². The predicted octanol–water partition coefficient (Wildman–Crippen LogP) is 1.83. The minimum absolute atomic E-state index is 0. The van der Waals surface area contributed by atoms with Crippen LogP contribution in [0.15, 0.2) is 4.99 Å². The van der Waals surface area contributed by atoms with E-state index in [9.17, 15) is 0 Å². The Hall–Kier alpha value is -0.520. The predicted molar refractivity (Wildman–Crippen MR) is 106 cm³/mol. The molecule has 1 heterocycles. The van der Waals surface area contributed by atoms with Gasteiger partial charge in [-0.3, -0.25) is 9.89 Å². The SMILES string of the molecule is C#CCNC(=NC)NCC1(N2CCC(OC)CC2)CCCC1.I. The van der Waals surface area contributed by atoms with Crippen molar-refractivity contribution in [3.8, 4) is 12.3 Å². The molecule has 2 aliphatic rings. The van der Waals surface area contributed by atoms with Gasteiger partial charge in [-0.1, -0.05) is 18.8 Å². The highest BCUT2D eigenvalue weighted by Crippen LogP contribution is 2.36. The molecule has 1 aliphatic heterocycles. The van der Waals surface area contributed by atoms with Gasteiger partial charge >= 0.3 is 0 Å². The van der Waals surface area contributed by atoms with Crippen LogP contribution in [0.2, 0.25) is 0 Å². The molecule has 0 atom stereocenters. The summed E-state index contributed by atoms with van der Waals surface area (Å²) in [6, 6.07) is 0. The minimum Gasteiger partial charge on any atom is -0.381 e. The summed E-state index contributed by atoms with van der Waals surface area (Å²) in [5.41, 5.74) is 0.270. The van der Waals surface area contributed by atoms with Crippen LogP contribution < -0.4 is 10.6 Å². The monoisotopic (exact) mass is 434 g/mol. The van der Waals surface area contributed by atoms with Crippen molar-refractivity contribution >= 4 is 29.9 Å². The summed E-state index contributed by atoms with van der Waals surface area (Å²) in [5.74, 6) is 3.39. The number of hydrogen-bond donors (Lipinski definition) is 2. The fourth-order valence-corrected chi connectivity index (χ4v) is 3.81. The number of rotatable bonds is 5. The molecule has 23 heavy (non-hydrogen) atoms. The van der Waals surface area contributed by atoms with Crippen LogP contribution in [-0.4, -0.2) is 62.8 Å². The molecule has 132 valence electrons. The summed E-state index contributed by atoms with van der Waals surface area (Å²) in [5, 5.41) is 6.62. The maximum absolute atomic E-state index is 5.50. The van der Waals surface area contributed by atoms with E-state index in [1.807, 2.05) is 7.11 Å². The number of methoxy groups -OCH3 is 1. The lowest BCUT2D eigenvalue weighted by Gasteiger charge is -2.45. The first-order chi connectivity index (χ1) is 10.7. The van der Waals surface area contributed by atoms with Gasteiger partial charge in [0.25, 0.3) is 0 Å². The number of guanidine groups is 1. The van der Waals surface area contributed by atoms with Crippen LogP contribution in [0.25, 0.3) is 0 Å². The van der Waals surface area contributed by atoms with E-state index in [1.54, 1.807) is 7.05 Å². The highest BCUT2D eigenvalue weighted by molar-refractivity contribution is 14.0. The number of halogens is 1. The fourth-order valence-electron chi connectivity index (χ4n) is 3.81. The van der Waals surface area contributed by atoms with Gasteiger partial charge in [0.15, 0.2) is 5.96 Å². The Bertz CT molecular complexity index is 407. The Balaban J connectivity index is 0.00000264. The highest BCUT2D eigenvalue weighted by atomic mass is 127. The van der Waals surface area contributed by atoms with E-state index in [0.717, 1.165) is 38.4 Å². The van der Waals surface area contributed by atoms with E-state index in [0.29, 0.717) is 12.6 Å². The van der Waals surface area contributed by atoms with Crippen LogP contribution in [0.3, 0.4) is 0 Å². The number of likely N-dealkylation sites (tertiary alicyclic amines) is 1. The molecule has 6 heteroatoms. The molecule has 1 saturated carbocycles. The Morgan fingerprint density at radius 3 is 2.48 bits per heavy atom. The smallest absolute Gasteiger partial charge is 0.191 e. The second kappa shape index (κ2) is 10.4. The molecule has 0 spiro atoms. The maximum Gasteiger partial charge on any atom is 0.191 e. The zero-order valence-electron chi connectivity index (χ0n) is 14.4. The Kier molecular flexibility index (Phi) is 9.25. The number of terminal acetylenes is 1. The average molecular weight is 434 g/mol. The van der Waals surface area contributed by atoms with Crippen LogP contribution >= 0.6 is 24.0 Å². The first-order valence-electron chi connectivity index (χ1n) is 8.40. The number of nitrogens with one attached hydrogen (secondary N) is 2. The molecule has 0 aromatic heterocycles. The Labute approximate surface area is 158 Å². The van der Waals surface area contributed by atoms with Gasteiger partial charge in [0, 0.05) is 39.3 Å². The third kappa shape index (κ3) is 5.50. The summed E-state index contributed by atoms with van der Waals surface area (Å²) < 4.78 is 5.50. The van der Waals surface area contributed by atoms with Crippen LogP contribution in [0, 0.1) is 12.3 Å². The summed E-state index contributed by atoms with van der Waals surface area (Å²) in [7, 11) is 3.62. The van der Waals surface area contributed by atoms with Crippen molar-refractivity contribution in [3.05, 3.63) is 0 Å². The standard InChI is InChI=1S/C17H30N4O.HI/c1-4-11-19-16(18-2)20-14-17(9-5-6-10-17)21-12-7-15(22-3)8-13-21;/h1,15H,5-14H2,2-3H3,(H2,18,19,20);1H. The first kappa shape index (κ1) is 20.5. The lowest BCUT2D eigenvalue weighted by Crippen LogP contribution is -2.58. The number of piperidine rings is 1. The average Bonchev–Trinajstić information content (AvgIpc) is 3.05. The summed E-state index contributed by atoms with van der Waals surface area (Å²) in [6.45, 7) is 3.72. The van der Waals surface area contributed by atoms with E-state index in [1.165, 1.54) is 25.7 Å². The van der Waals surface area contributed by atoms with Crippen molar-refractivity contribution in [3.63, 3.8) is 0 Å². The van der Waals surface area contributed by atoms with Gasteiger partial charge in [-0.2, -0.15) is 0 Å². The van der Waals surface area contributed by atoms with Crippen molar-refractivity contribution in [2.45, 2.75) is 50.2 Å². The highest BCUT2D eigenvalue weighted by Gasteiger charge is 2.40. The Morgan fingerprint density at radius 2 is 1.96 bits per heavy atom. The number of aliphatic imine (C=N–C) groups is 1. The van der Waals surface area contributed by atoms with Gasteiger partial charge < -0.3 is 15.4 Å². The zero-order valence-corrected chi connectivity index (χ0v) is 16.8. The molecule has 1 aliphatic carbocycles. The second-order valence-electron chi connectivity index (χ2n) is 6.34. The van der Waals surface area contributed by atoms with Gasteiger partial charge in [0.2, 0.25) is 0 Å². The lowest BCUT2D eigenvalue weighted by molar-refractivity contribution is -0.00163. The molecule has 0 unspecified atom stereocenters. The quantitative estimate of drug-likeness (QED) is 0.300. The van der Waals surface area contributed by atoms with Crippen molar-refractivity contribution in [1.29, 1.82) is 0 Å². The third-order valence-electron chi connectivity index (χ3n) is 5.15. The van der Waals surface area contributed by atoms with E-state index in [-0.39, 0.29) is 29.5 Å². The first-order valence-corrected chi connectivity index (χ1v) is 8.40. The molecule has 0 aromatic carbocycles. The van der Waals surface area contributed by atoms with Crippen LogP contribution in [-0.2, 0) is 4.74 Å². The molecular formula is C17H31IN4O. The summed E-state index contributed by atoms with van der Waals surface area (Å²) >= 11 is 0. The number of hydrogen-bond acceptors (Lipinski definition) is 3. The fraction of sp³-hybridized carbons (Fsp3) is 0.824. The van der Waals surface area contributed by atoms with E-state index in [4.69, 9.17) is 11.2 Å². The Morgan fingerprint density at radius 1 is 1.30 bits per heavy atom. The van der Waals surface area contributed by atoms with Crippen LogP contribution in [0.1, 0.15) is 38.5 Å². The molecule has 0 aromatic rings. The summed E-state index contributed by atoms with van der Waals surface area (Å²) in [4.78, 5) is 6.93. The summed E-state index contributed by atoms with van der Waals surface area (Å²) in [6.07, 6.45) is 13.2. The molecule has 2 fully saturated rings. The van der Waals surface area contributed by atoms with E-state index >= 15 is 0 Å². The van der Waals surface area contributed by atoms with Crippen molar-refractivity contribution in [2.24, 2.45) is 4.99 Å². The minimum atomic E-state index is 0. The largest absolute Gasteiger partial charge is 0.381 e. The molecule has 5 nitrogen and oxygen atoms in total. The van der Waals surface area contributed by atoms with Gasteiger partial charge in [0.05, 0.1) is 12.6 Å². The van der Waals surface area contributed by atoms with Crippen molar-refractivity contribution in [1.82, 2.24) is 15.5 Å². The number of ether oxygens (including phenoxy) is 1. The van der Waals surface area contributed by atoms with Gasteiger partial charge in [-0.25, -0.2) is 0 Å². The van der Waals surface area contributed by atoms with E-state index in [2.05, 4.69) is 26.4 Å². The second-order valence-corrected chi connectivity index (χ2v) is 6.34. The van der Waals surface area contributed by atoms with Crippen LogP contribution in [0.4, 0.5) is 0 Å². The van der Waals surface area contributed by atoms with Gasteiger partial charge in [0.1, 0.15) is 0 Å². The van der Waals surface area contributed by atoms with Crippen molar-refractivity contribution in [2.75, 3.05) is 40.3 Å². The lowest BCUT2D eigenvalue weighted by atomic mass is 9.91. The molecule has 0 bridgehead atoms. The topological polar surface area (TPSA) is 48.9 Å². The third-order valence-corrected chi connectivity index (χ3v) is 5.15. The maximum atomic E-state index is 5.50. The normalized spacial score (nSPS) is 22.2. The number of nitrogens with zero attached hydrogens (tertiary/aromatic N) is 2. The molecule has 2 N–H and O–H groups in total. The molecular weight excluding hydrogens is 403 g/mol. The zero-order chi connectivity index (χ0) is 15.8. The molecule has 0 radical (unpaired) electrons. The molecule has 2 rings (SSSR count). The molecule has 1 saturated heterocycles. The van der Waals surface area contributed by atoms with Crippen molar-refractivity contribution < 1.29 is 4.74 Å². The van der Waals surface area contributed by atoms with Gasteiger partial charge in [-0.05, 0) is 25.7 Å². The van der Waals surface area contributed by atoms with Gasteiger partial charge in [-0.15, -0.1) is 30.4 Å². The molecule has 0 amide bonds. The van der Waals surface area contributed by atoms with E-state index < -0.39 is 0 Å².